The minimum absolute atomic E-state index is 0.0326. The van der Waals surface area contributed by atoms with Gasteiger partial charge in [-0.1, -0.05) is 65.7 Å². The van der Waals surface area contributed by atoms with Gasteiger partial charge in [-0.3, -0.25) is 24.6 Å². The summed E-state index contributed by atoms with van der Waals surface area (Å²) in [5.74, 6) is -8.08. The van der Waals surface area contributed by atoms with Gasteiger partial charge in [-0.15, -0.1) is 0 Å². The minimum Gasteiger partial charge on any atom is -0.508 e. The molecule has 4 aromatic rings. The molecule has 4 aromatic carbocycles. The number of fused-ring (bicyclic) bond motifs is 4. The number of carboxylic acids is 1. The van der Waals surface area contributed by atoms with E-state index in [1.165, 1.54) is 25.3 Å². The van der Waals surface area contributed by atoms with E-state index in [9.17, 15) is 34.5 Å². The molecule has 0 aromatic heterocycles. The van der Waals surface area contributed by atoms with Crippen molar-refractivity contribution in [3.05, 3.63) is 125 Å². The fraction of sp³-hybridized carbons (Fsp3) is 0.244. The highest BCUT2D eigenvalue weighted by Crippen LogP contribution is 2.65. The van der Waals surface area contributed by atoms with Crippen molar-refractivity contribution in [3.63, 3.8) is 0 Å². The third kappa shape index (κ3) is 4.92. The Labute approximate surface area is 303 Å². The first-order chi connectivity index (χ1) is 25.5. The average molecular weight is 714 g/mol. The predicted octanol–water partition coefficient (Wildman–Crippen LogP) is 5.30. The molecule has 12 nitrogen and oxygen atoms in total. The number of nitrogens with one attached hydrogen (secondary N) is 1. The molecule has 3 fully saturated rings. The van der Waals surface area contributed by atoms with E-state index in [1.54, 1.807) is 30.3 Å². The van der Waals surface area contributed by atoms with Crippen molar-refractivity contribution < 1.29 is 44.0 Å². The summed E-state index contributed by atoms with van der Waals surface area (Å²) in [6, 6.07) is 24.5. The van der Waals surface area contributed by atoms with Crippen molar-refractivity contribution >= 4 is 41.0 Å². The number of methoxy groups -OCH3 is 1. The second kappa shape index (κ2) is 12.4. The second-order valence-electron chi connectivity index (χ2n) is 14.0. The van der Waals surface area contributed by atoms with Gasteiger partial charge in [-0.25, -0.2) is 9.69 Å². The molecule has 1 saturated carbocycles. The van der Waals surface area contributed by atoms with E-state index in [1.807, 2.05) is 43.3 Å². The third-order valence-electron chi connectivity index (χ3n) is 11.4. The molecule has 0 spiro atoms. The van der Waals surface area contributed by atoms with Crippen LogP contribution in [0.5, 0.6) is 17.2 Å². The smallest absolute Gasteiger partial charge is 0.339 e. The van der Waals surface area contributed by atoms with Crippen LogP contribution in [-0.4, -0.2) is 57.0 Å². The molecule has 268 valence electrons. The lowest BCUT2D eigenvalue weighted by atomic mass is 9.49. The summed E-state index contributed by atoms with van der Waals surface area (Å²) < 4.78 is 5.81. The number of aryl methyl sites for hydroxylation is 1. The van der Waals surface area contributed by atoms with E-state index in [-0.39, 0.29) is 35.6 Å². The van der Waals surface area contributed by atoms with Gasteiger partial charge in [0.05, 0.1) is 41.7 Å². The number of phenols is 2. The number of carbonyl (C=O) groups is 5. The van der Waals surface area contributed by atoms with Gasteiger partial charge in [0.25, 0.3) is 11.8 Å². The molecule has 0 bridgehead atoms. The van der Waals surface area contributed by atoms with Crippen LogP contribution in [0.1, 0.15) is 45.8 Å². The van der Waals surface area contributed by atoms with Crippen LogP contribution in [0.25, 0.3) is 0 Å². The Hall–Kier alpha value is -6.43. The number of hydrazine groups is 1. The molecule has 0 radical (unpaired) electrons. The number of imide groups is 2. The number of rotatable bonds is 7. The Morgan fingerprint density at radius 3 is 2.28 bits per heavy atom. The molecule has 2 heterocycles. The number of ether oxygens (including phenoxy) is 1. The zero-order valence-electron chi connectivity index (χ0n) is 28.7. The lowest BCUT2D eigenvalue weighted by Crippen LogP contribution is -2.53. The Kier molecular flexibility index (Phi) is 7.86. The number of allylic oxidation sites excluding steroid dienone is 2. The number of aromatic carboxylic acids is 1. The molecular formula is C41H35N3O9. The van der Waals surface area contributed by atoms with Crippen LogP contribution < -0.4 is 15.1 Å². The van der Waals surface area contributed by atoms with Gasteiger partial charge in [0, 0.05) is 23.6 Å². The maximum absolute atomic E-state index is 15.3. The average Bonchev–Trinajstić information content (AvgIpc) is 3.53. The van der Waals surface area contributed by atoms with Gasteiger partial charge in [-0.2, -0.15) is 5.01 Å². The Bertz CT molecular complexity index is 2250. The first-order valence-electron chi connectivity index (χ1n) is 17.3. The number of anilines is 2. The maximum Gasteiger partial charge on any atom is 0.339 e. The Morgan fingerprint density at radius 2 is 1.60 bits per heavy atom. The van der Waals surface area contributed by atoms with Crippen LogP contribution in [0.15, 0.2) is 103 Å². The highest BCUT2D eigenvalue weighted by atomic mass is 16.5. The van der Waals surface area contributed by atoms with Gasteiger partial charge in [0.15, 0.2) is 0 Å². The number of hydrogen-bond acceptors (Lipinski definition) is 9. The number of benzene rings is 4. The summed E-state index contributed by atoms with van der Waals surface area (Å²) in [7, 11) is 1.45. The van der Waals surface area contributed by atoms with Gasteiger partial charge < -0.3 is 20.1 Å². The number of aromatic hydroxyl groups is 2. The molecule has 4 amide bonds. The molecule has 6 unspecified atom stereocenters. The highest BCUT2D eigenvalue weighted by molar-refractivity contribution is 6.23. The van der Waals surface area contributed by atoms with Crippen LogP contribution in [0, 0.1) is 30.6 Å². The number of phenolic OH excluding ortho intramolecular Hbond substituents is 1. The van der Waals surface area contributed by atoms with Crippen molar-refractivity contribution in [3.8, 4) is 17.2 Å². The van der Waals surface area contributed by atoms with Gasteiger partial charge in [0.2, 0.25) is 11.8 Å². The highest BCUT2D eigenvalue weighted by Gasteiger charge is 2.70. The van der Waals surface area contributed by atoms with Crippen LogP contribution in [-0.2, 0) is 24.6 Å². The molecular weight excluding hydrogens is 678 g/mol. The molecule has 53 heavy (non-hydrogen) atoms. The van der Waals surface area contributed by atoms with Gasteiger partial charge in [0.1, 0.15) is 22.8 Å². The summed E-state index contributed by atoms with van der Waals surface area (Å²) in [6.07, 6.45) is 2.11. The normalized spacial score (nSPS) is 26.2. The number of hydrogen-bond donors (Lipinski definition) is 4. The fourth-order valence-electron chi connectivity index (χ4n) is 9.12. The van der Waals surface area contributed by atoms with Crippen molar-refractivity contribution in [2.24, 2.45) is 23.7 Å². The second-order valence-corrected chi connectivity index (χ2v) is 14.0. The molecule has 12 heteroatoms. The molecule has 4 aliphatic rings. The van der Waals surface area contributed by atoms with Crippen molar-refractivity contribution in [1.82, 2.24) is 5.01 Å². The number of nitrogens with zero attached hydrogens (tertiary/aromatic N) is 2. The van der Waals surface area contributed by atoms with E-state index < -0.39 is 70.4 Å². The van der Waals surface area contributed by atoms with Gasteiger partial charge >= 0.3 is 5.97 Å². The molecule has 2 saturated heterocycles. The van der Waals surface area contributed by atoms with E-state index in [4.69, 9.17) is 4.74 Å². The van der Waals surface area contributed by atoms with Crippen LogP contribution in [0.3, 0.4) is 0 Å². The van der Waals surface area contributed by atoms with Crippen LogP contribution in [0.4, 0.5) is 11.4 Å². The summed E-state index contributed by atoms with van der Waals surface area (Å²) in [6.45, 7) is 1.93. The summed E-state index contributed by atoms with van der Waals surface area (Å²) in [5, 5.41) is 31.5. The summed E-state index contributed by atoms with van der Waals surface area (Å²) in [4.78, 5) is 71.2. The van der Waals surface area contributed by atoms with E-state index in [0.717, 1.165) is 27.6 Å². The first kappa shape index (κ1) is 33.7. The van der Waals surface area contributed by atoms with Crippen molar-refractivity contribution in [2.75, 3.05) is 17.4 Å². The Morgan fingerprint density at radius 1 is 0.868 bits per heavy atom. The number of carbonyl (C=O) groups excluding carboxylic acids is 4. The lowest BCUT2D eigenvalue weighted by Gasteiger charge is -2.50. The standard InChI is InChI=1S/C41H35N3O9/c1-21-8-10-23(11-9-21)42-44-37(48)31-20-30-26(16-17-29-34(30)38(49)43(36(29)47)24-12-14-27(39(50)51)32(46)18-24)35(28-15-13-25(45)19-33(28)53-2)41(31,40(44)52)22-6-4-3-5-7-22/h3-16,18-19,29-31,34-35,42,45-46H,17,20H2,1-2H3,(H,50,51). The first-order valence-corrected chi connectivity index (χ1v) is 17.3. The van der Waals surface area contributed by atoms with E-state index in [0.29, 0.717) is 22.4 Å². The zero-order valence-corrected chi connectivity index (χ0v) is 28.7. The van der Waals surface area contributed by atoms with E-state index in [2.05, 4.69) is 5.43 Å². The number of amides is 4. The molecule has 2 aliphatic heterocycles. The molecule has 2 aliphatic carbocycles. The largest absolute Gasteiger partial charge is 0.508 e. The molecule has 6 atom stereocenters. The van der Waals surface area contributed by atoms with Gasteiger partial charge in [-0.05, 0) is 61.6 Å². The molecule has 8 rings (SSSR count). The predicted molar refractivity (Wildman–Crippen MR) is 191 cm³/mol. The molecule has 4 N–H and O–H groups in total. The SMILES string of the molecule is COc1cc(O)ccc1C1C2=CCC3C(=O)N(c4ccc(C(=O)O)c(O)c4)C(=O)C3C2CC2C(=O)N(Nc3ccc(C)cc3)C(=O)C21c1ccccc1. The monoisotopic (exact) mass is 713 g/mol. The quantitative estimate of drug-likeness (QED) is 0.145. The van der Waals surface area contributed by atoms with Crippen LogP contribution >= 0.6 is 0 Å². The maximum atomic E-state index is 15.3. The van der Waals surface area contributed by atoms with E-state index >= 15 is 4.79 Å². The summed E-state index contributed by atoms with van der Waals surface area (Å²) >= 11 is 0. The Balaban J connectivity index is 1.31. The zero-order chi connectivity index (χ0) is 37.3. The third-order valence-corrected chi connectivity index (χ3v) is 11.4. The topological polar surface area (TPSA) is 174 Å². The lowest BCUT2D eigenvalue weighted by molar-refractivity contribution is -0.138. The van der Waals surface area contributed by atoms with Crippen molar-refractivity contribution in [1.29, 1.82) is 0 Å². The van der Waals surface area contributed by atoms with Crippen molar-refractivity contribution in [2.45, 2.75) is 31.1 Å². The summed E-state index contributed by atoms with van der Waals surface area (Å²) in [5.41, 5.74) is 4.52. The number of carboxylic acid groups (broad SMARTS) is 1. The minimum atomic E-state index is -1.53. The van der Waals surface area contributed by atoms with Crippen LogP contribution in [0.2, 0.25) is 0 Å². The fourth-order valence-corrected chi connectivity index (χ4v) is 9.12.